The largest absolute Gasteiger partial charge is 0.385 e. The van der Waals surface area contributed by atoms with Crippen molar-refractivity contribution in [3.05, 3.63) is 29.6 Å². The number of hydrogen-bond donors (Lipinski definition) is 1. The number of benzene rings is 1. The molecule has 0 spiro atoms. The number of halogens is 2. The molecular weight excluding hydrogens is 214 g/mol. The van der Waals surface area contributed by atoms with Crippen molar-refractivity contribution < 1.29 is 13.5 Å². The van der Waals surface area contributed by atoms with Crippen LogP contribution in [0, 0.1) is 11.6 Å². The van der Waals surface area contributed by atoms with Gasteiger partial charge in [0.25, 0.3) is 0 Å². The zero-order chi connectivity index (χ0) is 11.5. The lowest BCUT2D eigenvalue weighted by Gasteiger charge is -1.95. The van der Waals surface area contributed by atoms with Crippen molar-refractivity contribution in [3.63, 3.8) is 0 Å². The summed E-state index contributed by atoms with van der Waals surface area (Å²) in [6, 6.07) is 2.22. The summed E-state index contributed by atoms with van der Waals surface area (Å²) in [5.74, 6) is -1.01. The SMILES string of the molecule is COCCCc1nc2cc(F)c(F)cc2[nH]1. The van der Waals surface area contributed by atoms with Gasteiger partial charge >= 0.3 is 0 Å². The zero-order valence-corrected chi connectivity index (χ0v) is 8.89. The molecular formula is C11H12F2N2O. The van der Waals surface area contributed by atoms with E-state index >= 15 is 0 Å². The lowest BCUT2D eigenvalue weighted by molar-refractivity contribution is 0.194. The molecule has 0 fully saturated rings. The topological polar surface area (TPSA) is 37.9 Å². The maximum Gasteiger partial charge on any atom is 0.161 e. The highest BCUT2D eigenvalue weighted by Gasteiger charge is 2.08. The molecule has 86 valence electrons. The normalized spacial score (nSPS) is 11.2. The fourth-order valence-corrected chi connectivity index (χ4v) is 1.56. The van der Waals surface area contributed by atoms with Crippen molar-refractivity contribution in [2.45, 2.75) is 12.8 Å². The molecule has 0 saturated carbocycles. The van der Waals surface area contributed by atoms with E-state index < -0.39 is 11.6 Å². The summed E-state index contributed by atoms with van der Waals surface area (Å²) in [7, 11) is 1.63. The summed E-state index contributed by atoms with van der Waals surface area (Å²) >= 11 is 0. The molecule has 1 heterocycles. The second-order valence-corrected chi connectivity index (χ2v) is 3.56. The number of aromatic nitrogens is 2. The van der Waals surface area contributed by atoms with E-state index in [1.807, 2.05) is 0 Å². The van der Waals surface area contributed by atoms with Gasteiger partial charge in [-0.1, -0.05) is 0 Å². The van der Waals surface area contributed by atoms with Crippen molar-refractivity contribution in [2.75, 3.05) is 13.7 Å². The minimum absolute atomic E-state index is 0.450. The minimum atomic E-state index is -0.873. The summed E-state index contributed by atoms with van der Waals surface area (Å²) in [6.07, 6.45) is 1.52. The van der Waals surface area contributed by atoms with E-state index in [-0.39, 0.29) is 0 Å². The average Bonchev–Trinajstić information content (AvgIpc) is 2.61. The number of rotatable bonds is 4. The van der Waals surface area contributed by atoms with Gasteiger partial charge in [0.05, 0.1) is 11.0 Å². The van der Waals surface area contributed by atoms with E-state index in [0.29, 0.717) is 24.1 Å². The van der Waals surface area contributed by atoms with Crippen molar-refractivity contribution in [2.24, 2.45) is 0 Å². The smallest absolute Gasteiger partial charge is 0.161 e. The van der Waals surface area contributed by atoms with Crippen molar-refractivity contribution in [1.82, 2.24) is 9.97 Å². The fourth-order valence-electron chi connectivity index (χ4n) is 1.56. The van der Waals surface area contributed by atoms with Crippen LogP contribution in [0.2, 0.25) is 0 Å². The van der Waals surface area contributed by atoms with Crippen molar-refractivity contribution >= 4 is 11.0 Å². The van der Waals surface area contributed by atoms with Gasteiger partial charge < -0.3 is 9.72 Å². The molecule has 2 aromatic rings. The van der Waals surface area contributed by atoms with E-state index in [4.69, 9.17) is 4.74 Å². The van der Waals surface area contributed by atoms with Gasteiger partial charge in [0, 0.05) is 32.3 Å². The van der Waals surface area contributed by atoms with Gasteiger partial charge in [-0.2, -0.15) is 0 Å². The summed E-state index contributed by atoms with van der Waals surface area (Å²) in [5, 5.41) is 0. The van der Waals surface area contributed by atoms with Gasteiger partial charge in [0.2, 0.25) is 0 Å². The molecule has 5 heteroatoms. The summed E-state index contributed by atoms with van der Waals surface area (Å²) in [5.41, 5.74) is 0.970. The number of fused-ring (bicyclic) bond motifs is 1. The van der Waals surface area contributed by atoms with Gasteiger partial charge in [-0.15, -0.1) is 0 Å². The molecule has 2 rings (SSSR count). The predicted molar refractivity (Wildman–Crippen MR) is 56.2 cm³/mol. The van der Waals surface area contributed by atoms with E-state index in [0.717, 1.165) is 24.4 Å². The molecule has 1 aromatic heterocycles. The monoisotopic (exact) mass is 226 g/mol. The van der Waals surface area contributed by atoms with E-state index in [1.165, 1.54) is 0 Å². The first kappa shape index (κ1) is 11.0. The van der Waals surface area contributed by atoms with Crippen LogP contribution in [0.5, 0.6) is 0 Å². The van der Waals surface area contributed by atoms with Crippen LogP contribution in [0.1, 0.15) is 12.2 Å². The summed E-state index contributed by atoms with van der Waals surface area (Å²) < 4.78 is 30.8. The van der Waals surface area contributed by atoms with Crippen LogP contribution < -0.4 is 0 Å². The highest BCUT2D eigenvalue weighted by molar-refractivity contribution is 5.75. The Balaban J connectivity index is 2.23. The molecule has 0 bridgehead atoms. The number of H-pyrrole nitrogens is 1. The van der Waals surface area contributed by atoms with Crippen LogP contribution in [-0.4, -0.2) is 23.7 Å². The Hall–Kier alpha value is -1.49. The molecule has 1 aromatic carbocycles. The Morgan fingerprint density at radius 1 is 1.31 bits per heavy atom. The second-order valence-electron chi connectivity index (χ2n) is 3.56. The van der Waals surface area contributed by atoms with Gasteiger partial charge in [0.1, 0.15) is 5.82 Å². The lowest BCUT2D eigenvalue weighted by atomic mass is 10.3. The summed E-state index contributed by atoms with van der Waals surface area (Å²) in [4.78, 5) is 7.12. The van der Waals surface area contributed by atoms with Crippen LogP contribution in [0.25, 0.3) is 11.0 Å². The number of aromatic amines is 1. The van der Waals surface area contributed by atoms with Crippen molar-refractivity contribution in [1.29, 1.82) is 0 Å². The quantitative estimate of drug-likeness (QED) is 0.813. The van der Waals surface area contributed by atoms with Crippen molar-refractivity contribution in [3.8, 4) is 0 Å². The third-order valence-corrected chi connectivity index (χ3v) is 2.34. The van der Waals surface area contributed by atoms with Crippen LogP contribution in [-0.2, 0) is 11.2 Å². The number of nitrogens with zero attached hydrogens (tertiary/aromatic N) is 1. The van der Waals surface area contributed by atoms with Crippen LogP contribution >= 0.6 is 0 Å². The molecule has 0 unspecified atom stereocenters. The van der Waals surface area contributed by atoms with Gasteiger partial charge in [-0.05, 0) is 6.42 Å². The Morgan fingerprint density at radius 2 is 2.06 bits per heavy atom. The number of hydrogen-bond acceptors (Lipinski definition) is 2. The van der Waals surface area contributed by atoms with E-state index in [9.17, 15) is 8.78 Å². The fraction of sp³-hybridized carbons (Fsp3) is 0.364. The predicted octanol–water partition coefficient (Wildman–Crippen LogP) is 2.42. The molecule has 0 aliphatic heterocycles. The molecule has 16 heavy (non-hydrogen) atoms. The lowest BCUT2D eigenvalue weighted by Crippen LogP contribution is -1.93. The number of ether oxygens (including phenoxy) is 1. The molecule has 0 aliphatic carbocycles. The third kappa shape index (κ3) is 2.19. The Labute approximate surface area is 91.4 Å². The summed E-state index contributed by atoms with van der Waals surface area (Å²) in [6.45, 7) is 0.639. The first-order chi connectivity index (χ1) is 7.70. The Kier molecular flexibility index (Phi) is 3.14. The molecule has 3 nitrogen and oxygen atoms in total. The van der Waals surface area contributed by atoms with Gasteiger partial charge in [-0.25, -0.2) is 13.8 Å². The molecule has 0 saturated heterocycles. The average molecular weight is 226 g/mol. The van der Waals surface area contributed by atoms with E-state index in [2.05, 4.69) is 9.97 Å². The number of imidazole rings is 1. The van der Waals surface area contributed by atoms with E-state index in [1.54, 1.807) is 7.11 Å². The highest BCUT2D eigenvalue weighted by atomic mass is 19.2. The van der Waals surface area contributed by atoms with Gasteiger partial charge in [-0.3, -0.25) is 0 Å². The molecule has 0 aliphatic rings. The highest BCUT2D eigenvalue weighted by Crippen LogP contribution is 2.16. The van der Waals surface area contributed by atoms with Gasteiger partial charge in [0.15, 0.2) is 11.6 Å². The first-order valence-electron chi connectivity index (χ1n) is 5.03. The van der Waals surface area contributed by atoms with Crippen LogP contribution in [0.4, 0.5) is 8.78 Å². The first-order valence-corrected chi connectivity index (χ1v) is 5.03. The molecule has 0 radical (unpaired) electrons. The van der Waals surface area contributed by atoms with Crippen LogP contribution in [0.3, 0.4) is 0 Å². The second kappa shape index (κ2) is 4.57. The zero-order valence-electron chi connectivity index (χ0n) is 8.89. The molecule has 0 amide bonds. The maximum atomic E-state index is 12.9. The number of methoxy groups -OCH3 is 1. The number of aryl methyl sites for hydroxylation is 1. The minimum Gasteiger partial charge on any atom is -0.385 e. The standard InChI is InChI=1S/C11H12F2N2O/c1-16-4-2-3-11-14-9-5-7(12)8(13)6-10(9)15-11/h5-6H,2-4H2,1H3,(H,14,15). The maximum absolute atomic E-state index is 12.9. The third-order valence-electron chi connectivity index (χ3n) is 2.34. The van der Waals surface area contributed by atoms with Crippen LogP contribution in [0.15, 0.2) is 12.1 Å². The molecule has 0 atom stereocenters. The Morgan fingerprint density at radius 3 is 2.81 bits per heavy atom. The molecule has 1 N–H and O–H groups in total. The Bertz CT molecular complexity index is 457. The number of nitrogens with one attached hydrogen (secondary N) is 1.